The number of esters is 1. The van der Waals surface area contributed by atoms with Gasteiger partial charge in [0.15, 0.2) is 0 Å². The Balaban J connectivity index is 2.48. The van der Waals surface area contributed by atoms with Gasteiger partial charge in [0.05, 0.1) is 19.3 Å². The van der Waals surface area contributed by atoms with Crippen molar-refractivity contribution in [2.75, 3.05) is 33.2 Å². The lowest BCUT2D eigenvalue weighted by Crippen LogP contribution is -2.08. The number of benzene rings is 1. The normalized spacial score (nSPS) is 10.1. The molecule has 0 unspecified atom stereocenters. The number of hydrogen-bond donors (Lipinski definition) is 1. The molecule has 0 saturated heterocycles. The molecule has 0 spiro atoms. The molecule has 0 amide bonds. The average molecular weight is 253 g/mol. The maximum Gasteiger partial charge on any atom is 0.338 e. The number of nitrogens with two attached hydrogens (primary N) is 1. The van der Waals surface area contributed by atoms with E-state index in [1.165, 1.54) is 7.11 Å². The first-order valence-electron chi connectivity index (χ1n) is 5.78. The quantitative estimate of drug-likeness (QED) is 0.456. The molecule has 1 rings (SSSR count). The van der Waals surface area contributed by atoms with E-state index in [1.54, 1.807) is 25.3 Å². The Kier molecular flexibility index (Phi) is 6.00. The Morgan fingerprint density at radius 1 is 1.17 bits per heavy atom. The van der Waals surface area contributed by atoms with Crippen LogP contribution in [-0.4, -0.2) is 33.4 Å². The van der Waals surface area contributed by atoms with E-state index in [4.69, 9.17) is 19.9 Å². The van der Waals surface area contributed by atoms with Crippen molar-refractivity contribution in [1.29, 1.82) is 0 Å². The zero-order valence-corrected chi connectivity index (χ0v) is 10.8. The average Bonchev–Trinajstić information content (AvgIpc) is 2.37. The van der Waals surface area contributed by atoms with Crippen LogP contribution in [0.25, 0.3) is 0 Å². The summed E-state index contributed by atoms with van der Waals surface area (Å²) in [7, 11) is 3.17. The zero-order chi connectivity index (χ0) is 13.4. The summed E-state index contributed by atoms with van der Waals surface area (Å²) in [6.07, 6.45) is 1.64. The highest BCUT2D eigenvalue weighted by atomic mass is 16.5. The van der Waals surface area contributed by atoms with Gasteiger partial charge in [0, 0.05) is 25.5 Å². The number of carbonyl (C=O) groups excluding carboxylic acids is 1. The molecule has 0 bridgehead atoms. The Morgan fingerprint density at radius 3 is 2.56 bits per heavy atom. The molecule has 0 heterocycles. The third kappa shape index (κ3) is 4.63. The lowest BCUT2D eigenvalue weighted by molar-refractivity contribution is 0.0489. The molecular formula is C13H19NO4. The van der Waals surface area contributed by atoms with Crippen molar-refractivity contribution < 1.29 is 19.0 Å². The zero-order valence-electron chi connectivity index (χ0n) is 10.8. The summed E-state index contributed by atoms with van der Waals surface area (Å²) >= 11 is 0. The number of carbonyl (C=O) groups is 1. The number of nitrogen functional groups attached to an aromatic ring is 1. The number of rotatable bonds is 7. The fraction of sp³-hybridized carbons (Fsp3) is 0.462. The van der Waals surface area contributed by atoms with Crippen molar-refractivity contribution in [2.45, 2.75) is 12.8 Å². The molecule has 0 aliphatic heterocycles. The first-order valence-corrected chi connectivity index (χ1v) is 5.78. The third-order valence-corrected chi connectivity index (χ3v) is 2.38. The minimum atomic E-state index is -0.391. The van der Waals surface area contributed by atoms with Gasteiger partial charge in [-0.15, -0.1) is 0 Å². The monoisotopic (exact) mass is 253 g/mol. The number of hydrogen-bond acceptors (Lipinski definition) is 5. The van der Waals surface area contributed by atoms with Gasteiger partial charge in [-0.25, -0.2) is 4.79 Å². The van der Waals surface area contributed by atoms with Gasteiger partial charge in [-0.2, -0.15) is 0 Å². The predicted octanol–water partition coefficient (Wildman–Crippen LogP) is 1.86. The highest BCUT2D eigenvalue weighted by Gasteiger charge is 2.09. The van der Waals surface area contributed by atoms with E-state index < -0.39 is 5.97 Å². The summed E-state index contributed by atoms with van der Waals surface area (Å²) in [5.41, 5.74) is 6.54. The van der Waals surface area contributed by atoms with Crippen LogP contribution in [0, 0.1) is 0 Å². The molecule has 100 valence electrons. The Labute approximate surface area is 107 Å². The number of anilines is 1. The summed E-state index contributed by atoms with van der Waals surface area (Å²) in [5.74, 6) is 0.152. The molecule has 0 atom stereocenters. The van der Waals surface area contributed by atoms with E-state index in [0.29, 0.717) is 30.2 Å². The van der Waals surface area contributed by atoms with Gasteiger partial charge in [0.1, 0.15) is 5.75 Å². The van der Waals surface area contributed by atoms with Crippen LogP contribution in [0.15, 0.2) is 18.2 Å². The SMILES string of the molecule is COCCCCOC(=O)c1cc(N)cc(OC)c1. The van der Waals surface area contributed by atoms with Gasteiger partial charge in [0.25, 0.3) is 0 Å². The van der Waals surface area contributed by atoms with Crippen molar-refractivity contribution in [3.05, 3.63) is 23.8 Å². The fourth-order valence-electron chi connectivity index (χ4n) is 1.45. The van der Waals surface area contributed by atoms with Crippen LogP contribution in [0.3, 0.4) is 0 Å². The van der Waals surface area contributed by atoms with Crippen LogP contribution in [0.4, 0.5) is 5.69 Å². The summed E-state index contributed by atoms with van der Waals surface area (Å²) < 4.78 is 15.1. The van der Waals surface area contributed by atoms with Gasteiger partial charge >= 0.3 is 5.97 Å². The Morgan fingerprint density at radius 2 is 1.89 bits per heavy atom. The van der Waals surface area contributed by atoms with Gasteiger partial charge in [-0.1, -0.05) is 0 Å². The van der Waals surface area contributed by atoms with Crippen LogP contribution in [0.2, 0.25) is 0 Å². The van der Waals surface area contributed by atoms with Crippen LogP contribution in [0.5, 0.6) is 5.75 Å². The Bertz CT molecular complexity index is 393. The van der Waals surface area contributed by atoms with Crippen molar-refractivity contribution in [2.24, 2.45) is 0 Å². The van der Waals surface area contributed by atoms with Crippen LogP contribution >= 0.6 is 0 Å². The minimum absolute atomic E-state index is 0.374. The molecule has 18 heavy (non-hydrogen) atoms. The maximum absolute atomic E-state index is 11.7. The molecule has 5 heteroatoms. The molecule has 0 saturated carbocycles. The van der Waals surface area contributed by atoms with E-state index in [2.05, 4.69) is 0 Å². The first kappa shape index (κ1) is 14.3. The minimum Gasteiger partial charge on any atom is -0.497 e. The first-order chi connectivity index (χ1) is 8.67. The van der Waals surface area contributed by atoms with E-state index in [9.17, 15) is 4.79 Å². The summed E-state index contributed by atoms with van der Waals surface area (Å²) in [5, 5.41) is 0. The summed E-state index contributed by atoms with van der Waals surface area (Å²) in [6, 6.07) is 4.82. The van der Waals surface area contributed by atoms with E-state index in [-0.39, 0.29) is 0 Å². The highest BCUT2D eigenvalue weighted by Crippen LogP contribution is 2.19. The Hall–Kier alpha value is -1.75. The molecule has 1 aromatic rings. The second-order valence-electron chi connectivity index (χ2n) is 3.83. The second-order valence-corrected chi connectivity index (χ2v) is 3.83. The molecule has 0 fully saturated rings. The maximum atomic E-state index is 11.7. The van der Waals surface area contributed by atoms with E-state index in [0.717, 1.165) is 12.8 Å². The van der Waals surface area contributed by atoms with Gasteiger partial charge in [-0.3, -0.25) is 0 Å². The lowest BCUT2D eigenvalue weighted by Gasteiger charge is -2.07. The number of unbranched alkanes of at least 4 members (excludes halogenated alkanes) is 1. The molecule has 0 aromatic heterocycles. The molecular weight excluding hydrogens is 234 g/mol. The molecule has 2 N–H and O–H groups in total. The van der Waals surface area contributed by atoms with Crippen LogP contribution < -0.4 is 10.5 Å². The van der Waals surface area contributed by atoms with Gasteiger partial charge < -0.3 is 19.9 Å². The van der Waals surface area contributed by atoms with Crippen molar-refractivity contribution in [3.63, 3.8) is 0 Å². The standard InChI is InChI=1S/C13H19NO4/c1-16-5-3-4-6-18-13(15)10-7-11(14)9-12(8-10)17-2/h7-9H,3-6,14H2,1-2H3. The van der Waals surface area contributed by atoms with Gasteiger partial charge in [0.2, 0.25) is 0 Å². The van der Waals surface area contributed by atoms with Gasteiger partial charge in [-0.05, 0) is 25.0 Å². The van der Waals surface area contributed by atoms with Crippen molar-refractivity contribution in [1.82, 2.24) is 0 Å². The van der Waals surface area contributed by atoms with Crippen molar-refractivity contribution >= 4 is 11.7 Å². The summed E-state index contributed by atoms with van der Waals surface area (Å²) in [6.45, 7) is 1.04. The largest absolute Gasteiger partial charge is 0.497 e. The van der Waals surface area contributed by atoms with E-state index in [1.807, 2.05) is 0 Å². The highest BCUT2D eigenvalue weighted by molar-refractivity contribution is 5.91. The summed E-state index contributed by atoms with van der Waals surface area (Å²) in [4.78, 5) is 11.7. The van der Waals surface area contributed by atoms with E-state index >= 15 is 0 Å². The third-order valence-electron chi connectivity index (χ3n) is 2.38. The van der Waals surface area contributed by atoms with Crippen LogP contribution in [0.1, 0.15) is 23.2 Å². The fourth-order valence-corrected chi connectivity index (χ4v) is 1.45. The molecule has 0 aliphatic rings. The number of methoxy groups -OCH3 is 2. The molecule has 1 aromatic carbocycles. The number of ether oxygens (including phenoxy) is 3. The topological polar surface area (TPSA) is 70.8 Å². The predicted molar refractivity (Wildman–Crippen MR) is 68.8 cm³/mol. The second kappa shape index (κ2) is 7.55. The molecule has 0 aliphatic carbocycles. The smallest absolute Gasteiger partial charge is 0.338 e. The molecule has 0 radical (unpaired) electrons. The van der Waals surface area contributed by atoms with Crippen LogP contribution in [-0.2, 0) is 9.47 Å². The molecule has 5 nitrogen and oxygen atoms in total. The van der Waals surface area contributed by atoms with Crippen molar-refractivity contribution in [3.8, 4) is 5.75 Å². The lowest BCUT2D eigenvalue weighted by atomic mass is 10.2.